The molecule has 1 heterocycles. The van der Waals surface area contributed by atoms with Crippen LogP contribution < -0.4 is 10.9 Å². The Morgan fingerprint density at radius 3 is 2.59 bits per heavy atom. The first kappa shape index (κ1) is 18.7. The molecule has 0 aliphatic rings. The fourth-order valence-corrected chi connectivity index (χ4v) is 3.20. The Bertz CT molecular complexity index is 1060. The molecule has 3 rings (SSSR count). The smallest absolute Gasteiger partial charge is 0.349 e. The number of nitrogens with one attached hydrogen (secondary N) is 1. The number of fused-ring (bicyclic) bond motifs is 1. The van der Waals surface area contributed by atoms with Gasteiger partial charge in [0.05, 0.1) is 12.2 Å². The summed E-state index contributed by atoms with van der Waals surface area (Å²) in [6.45, 7) is -0.187. The van der Waals surface area contributed by atoms with Gasteiger partial charge in [0.1, 0.15) is 11.1 Å². The number of hydrogen-bond acceptors (Lipinski definition) is 5. The van der Waals surface area contributed by atoms with Crippen LogP contribution in [0.2, 0.25) is 0 Å². The van der Waals surface area contributed by atoms with E-state index in [4.69, 9.17) is 4.42 Å². The SMILES string of the molecule is CSc1ccccc1NC(=O)CN(C)C(=O)c1cc2ccccc2oc1=O. The molecule has 0 spiro atoms. The molecule has 0 saturated carbocycles. The van der Waals surface area contributed by atoms with E-state index in [1.165, 1.54) is 29.8 Å². The van der Waals surface area contributed by atoms with Crippen LogP contribution in [0, 0.1) is 0 Å². The van der Waals surface area contributed by atoms with Crippen molar-refractivity contribution in [1.29, 1.82) is 0 Å². The van der Waals surface area contributed by atoms with Gasteiger partial charge < -0.3 is 14.6 Å². The van der Waals surface area contributed by atoms with Gasteiger partial charge in [-0.25, -0.2) is 4.79 Å². The number of hydrogen-bond donors (Lipinski definition) is 1. The van der Waals surface area contributed by atoms with Gasteiger partial charge in [-0.3, -0.25) is 9.59 Å². The van der Waals surface area contributed by atoms with E-state index in [0.29, 0.717) is 16.7 Å². The highest BCUT2D eigenvalue weighted by Gasteiger charge is 2.20. The first-order valence-electron chi connectivity index (χ1n) is 8.21. The van der Waals surface area contributed by atoms with Crippen LogP contribution in [-0.4, -0.2) is 36.6 Å². The van der Waals surface area contributed by atoms with Crippen LogP contribution in [0.3, 0.4) is 0 Å². The molecule has 27 heavy (non-hydrogen) atoms. The average molecular weight is 382 g/mol. The summed E-state index contributed by atoms with van der Waals surface area (Å²) in [5.74, 6) is -0.916. The molecule has 0 atom stereocenters. The number of para-hydroxylation sites is 2. The third kappa shape index (κ3) is 4.20. The zero-order valence-electron chi connectivity index (χ0n) is 14.9. The molecule has 0 fully saturated rings. The fourth-order valence-electron chi connectivity index (χ4n) is 2.64. The van der Waals surface area contributed by atoms with E-state index in [1.807, 2.05) is 24.5 Å². The van der Waals surface area contributed by atoms with Crippen molar-refractivity contribution in [3.8, 4) is 0 Å². The van der Waals surface area contributed by atoms with E-state index in [1.54, 1.807) is 30.3 Å². The second-order valence-corrected chi connectivity index (χ2v) is 6.74. The summed E-state index contributed by atoms with van der Waals surface area (Å²) in [6.07, 6.45) is 1.92. The van der Waals surface area contributed by atoms with Crippen molar-refractivity contribution >= 4 is 40.2 Å². The molecular formula is C20H18N2O4S. The lowest BCUT2D eigenvalue weighted by Gasteiger charge is -2.17. The van der Waals surface area contributed by atoms with Crippen molar-refractivity contribution < 1.29 is 14.0 Å². The Balaban J connectivity index is 1.75. The summed E-state index contributed by atoms with van der Waals surface area (Å²) in [7, 11) is 1.47. The number of carbonyl (C=O) groups excluding carboxylic acids is 2. The highest BCUT2D eigenvalue weighted by Crippen LogP contribution is 2.24. The maximum atomic E-state index is 12.6. The molecule has 7 heteroatoms. The number of benzene rings is 2. The molecule has 2 amide bonds. The van der Waals surface area contributed by atoms with Crippen LogP contribution in [0.1, 0.15) is 10.4 Å². The molecule has 1 N–H and O–H groups in total. The van der Waals surface area contributed by atoms with E-state index in [9.17, 15) is 14.4 Å². The van der Waals surface area contributed by atoms with Crippen LogP contribution in [0.5, 0.6) is 0 Å². The minimum absolute atomic E-state index is 0.103. The highest BCUT2D eigenvalue weighted by molar-refractivity contribution is 7.98. The van der Waals surface area contributed by atoms with E-state index in [0.717, 1.165) is 4.90 Å². The molecule has 0 bridgehead atoms. The van der Waals surface area contributed by atoms with Gasteiger partial charge >= 0.3 is 5.63 Å². The Kier molecular flexibility index (Phi) is 5.61. The predicted molar refractivity (Wildman–Crippen MR) is 106 cm³/mol. The molecule has 2 aromatic carbocycles. The molecule has 3 aromatic rings. The topological polar surface area (TPSA) is 79.6 Å². The lowest BCUT2D eigenvalue weighted by atomic mass is 10.1. The number of amides is 2. The molecule has 0 saturated heterocycles. The number of thioether (sulfide) groups is 1. The van der Waals surface area contributed by atoms with Crippen molar-refractivity contribution in [2.75, 3.05) is 25.2 Å². The van der Waals surface area contributed by atoms with E-state index in [-0.39, 0.29) is 18.0 Å². The normalized spacial score (nSPS) is 10.6. The first-order valence-corrected chi connectivity index (χ1v) is 9.43. The monoisotopic (exact) mass is 382 g/mol. The van der Waals surface area contributed by atoms with Crippen LogP contribution in [0.15, 0.2) is 68.7 Å². The van der Waals surface area contributed by atoms with Crippen LogP contribution in [-0.2, 0) is 4.79 Å². The zero-order valence-corrected chi connectivity index (χ0v) is 15.7. The lowest BCUT2D eigenvalue weighted by molar-refractivity contribution is -0.116. The van der Waals surface area contributed by atoms with Crippen molar-refractivity contribution in [3.05, 3.63) is 70.6 Å². The van der Waals surface area contributed by atoms with Gasteiger partial charge in [-0.05, 0) is 30.5 Å². The van der Waals surface area contributed by atoms with Crippen molar-refractivity contribution in [3.63, 3.8) is 0 Å². The Labute approximate surface area is 160 Å². The summed E-state index contributed by atoms with van der Waals surface area (Å²) < 4.78 is 5.19. The third-order valence-electron chi connectivity index (χ3n) is 3.98. The van der Waals surface area contributed by atoms with E-state index >= 15 is 0 Å². The van der Waals surface area contributed by atoms with Gasteiger partial charge in [0.2, 0.25) is 5.91 Å². The molecule has 0 radical (unpaired) electrons. The number of likely N-dealkylation sites (N-methyl/N-ethyl adjacent to an activating group) is 1. The predicted octanol–water partition coefficient (Wildman–Crippen LogP) is 3.23. The Morgan fingerprint density at radius 1 is 1.11 bits per heavy atom. The lowest BCUT2D eigenvalue weighted by Crippen LogP contribution is -2.37. The van der Waals surface area contributed by atoms with Crippen LogP contribution in [0.4, 0.5) is 5.69 Å². The molecule has 138 valence electrons. The Morgan fingerprint density at radius 2 is 1.81 bits per heavy atom. The summed E-state index contributed by atoms with van der Waals surface area (Å²) in [5, 5.41) is 3.43. The molecule has 1 aromatic heterocycles. The second-order valence-electron chi connectivity index (χ2n) is 5.90. The average Bonchev–Trinajstić information content (AvgIpc) is 2.67. The minimum atomic E-state index is -0.723. The summed E-state index contributed by atoms with van der Waals surface area (Å²) >= 11 is 1.51. The quantitative estimate of drug-likeness (QED) is 0.541. The second kappa shape index (κ2) is 8.09. The number of carbonyl (C=O) groups is 2. The van der Waals surface area contributed by atoms with Gasteiger partial charge in [0.15, 0.2) is 0 Å². The van der Waals surface area contributed by atoms with Gasteiger partial charge in [-0.1, -0.05) is 30.3 Å². The minimum Gasteiger partial charge on any atom is -0.422 e. The highest BCUT2D eigenvalue weighted by atomic mass is 32.2. The van der Waals surface area contributed by atoms with Gasteiger partial charge in [-0.15, -0.1) is 11.8 Å². The van der Waals surface area contributed by atoms with Gasteiger partial charge in [-0.2, -0.15) is 0 Å². The van der Waals surface area contributed by atoms with Gasteiger partial charge in [0.25, 0.3) is 5.91 Å². The zero-order chi connectivity index (χ0) is 19.4. The maximum Gasteiger partial charge on any atom is 0.349 e. The molecule has 0 aliphatic carbocycles. The third-order valence-corrected chi connectivity index (χ3v) is 4.78. The molecule has 0 unspecified atom stereocenters. The first-order chi connectivity index (χ1) is 13.0. The number of rotatable bonds is 5. The summed E-state index contributed by atoms with van der Waals surface area (Å²) in [5.41, 5.74) is 0.265. The van der Waals surface area contributed by atoms with Crippen molar-refractivity contribution in [1.82, 2.24) is 4.90 Å². The fraction of sp³-hybridized carbons (Fsp3) is 0.150. The molecule has 0 aliphatic heterocycles. The van der Waals surface area contributed by atoms with Crippen LogP contribution in [0.25, 0.3) is 11.0 Å². The van der Waals surface area contributed by atoms with E-state index in [2.05, 4.69) is 5.32 Å². The largest absolute Gasteiger partial charge is 0.422 e. The Hall–Kier alpha value is -3.06. The molecular weight excluding hydrogens is 364 g/mol. The summed E-state index contributed by atoms with van der Waals surface area (Å²) in [6, 6.07) is 15.8. The van der Waals surface area contributed by atoms with Crippen LogP contribution >= 0.6 is 11.8 Å². The van der Waals surface area contributed by atoms with Gasteiger partial charge in [0, 0.05) is 17.3 Å². The standard InChI is InChI=1S/C20H18N2O4S/c1-22(12-18(23)21-15-8-4-6-10-17(15)27-2)19(24)14-11-13-7-3-5-9-16(13)26-20(14)25/h3-11H,12H2,1-2H3,(H,21,23). The number of nitrogens with zero attached hydrogens (tertiary/aromatic N) is 1. The molecule has 6 nitrogen and oxygen atoms in total. The van der Waals surface area contributed by atoms with Crippen molar-refractivity contribution in [2.45, 2.75) is 4.90 Å². The maximum absolute atomic E-state index is 12.6. The van der Waals surface area contributed by atoms with E-state index < -0.39 is 11.5 Å². The number of anilines is 1. The summed E-state index contributed by atoms with van der Waals surface area (Å²) in [4.78, 5) is 39.2. The van der Waals surface area contributed by atoms with Crippen molar-refractivity contribution in [2.24, 2.45) is 0 Å².